The van der Waals surface area contributed by atoms with Crippen LogP contribution in [0.4, 0.5) is 11.4 Å². The van der Waals surface area contributed by atoms with E-state index >= 15 is 0 Å². The minimum atomic E-state index is -0.281. The Bertz CT molecular complexity index is 973. The first-order valence-corrected chi connectivity index (χ1v) is 11.6. The zero-order valence-corrected chi connectivity index (χ0v) is 20.2. The van der Waals surface area contributed by atoms with E-state index in [4.69, 9.17) is 27.9 Å². The lowest BCUT2D eigenvalue weighted by Crippen LogP contribution is -2.49. The second kappa shape index (κ2) is 10.9. The third-order valence-electron chi connectivity index (χ3n) is 5.26. The van der Waals surface area contributed by atoms with Crippen LogP contribution in [0.25, 0.3) is 0 Å². The van der Waals surface area contributed by atoms with Crippen molar-refractivity contribution in [1.82, 2.24) is 4.90 Å². The normalized spacial score (nSPS) is 13.9. The van der Waals surface area contributed by atoms with Crippen molar-refractivity contribution in [3.8, 4) is 5.75 Å². The van der Waals surface area contributed by atoms with E-state index in [0.29, 0.717) is 59.1 Å². The Balaban J connectivity index is 1.61. The highest BCUT2D eigenvalue weighted by Gasteiger charge is 2.23. The van der Waals surface area contributed by atoms with Gasteiger partial charge in [0.15, 0.2) is 0 Å². The summed E-state index contributed by atoms with van der Waals surface area (Å²) in [7, 11) is 0. The summed E-state index contributed by atoms with van der Waals surface area (Å²) in [5.74, 6) is 0.828. The van der Waals surface area contributed by atoms with Crippen molar-refractivity contribution in [2.75, 3.05) is 43.0 Å². The smallest absolute Gasteiger partial charge is 0.255 e. The lowest BCUT2D eigenvalue weighted by Gasteiger charge is -2.36. The Morgan fingerprint density at radius 3 is 2.34 bits per heavy atom. The largest absolute Gasteiger partial charge is 0.492 e. The predicted octanol–water partition coefficient (Wildman–Crippen LogP) is 5.34. The van der Waals surface area contributed by atoms with Gasteiger partial charge in [-0.25, -0.2) is 0 Å². The van der Waals surface area contributed by atoms with Gasteiger partial charge in [-0.3, -0.25) is 9.59 Å². The number of amides is 2. The molecule has 0 saturated carbocycles. The van der Waals surface area contributed by atoms with Gasteiger partial charge in [-0.1, -0.05) is 37.0 Å². The molecule has 2 amide bonds. The Kier molecular flexibility index (Phi) is 8.26. The van der Waals surface area contributed by atoms with Crippen LogP contribution >= 0.6 is 23.2 Å². The van der Waals surface area contributed by atoms with Gasteiger partial charge in [-0.15, -0.1) is 0 Å². The molecular weight excluding hydrogens is 449 g/mol. The zero-order chi connectivity index (χ0) is 23.3. The highest BCUT2D eigenvalue weighted by atomic mass is 35.5. The second-order valence-corrected chi connectivity index (χ2v) is 8.98. The molecule has 0 unspecified atom stereocenters. The summed E-state index contributed by atoms with van der Waals surface area (Å²) >= 11 is 12.7. The molecule has 1 aliphatic heterocycles. The van der Waals surface area contributed by atoms with Crippen molar-refractivity contribution in [2.24, 2.45) is 5.92 Å². The van der Waals surface area contributed by atoms with E-state index in [1.165, 1.54) is 0 Å². The van der Waals surface area contributed by atoms with Gasteiger partial charge in [-0.2, -0.15) is 0 Å². The Morgan fingerprint density at radius 2 is 1.75 bits per heavy atom. The number of carbonyl (C=O) groups is 2. The summed E-state index contributed by atoms with van der Waals surface area (Å²) < 4.78 is 5.41. The van der Waals surface area contributed by atoms with E-state index in [9.17, 15) is 9.59 Å². The molecule has 32 heavy (non-hydrogen) atoms. The van der Waals surface area contributed by atoms with Crippen LogP contribution in [0.5, 0.6) is 5.75 Å². The van der Waals surface area contributed by atoms with Crippen LogP contribution in [0, 0.1) is 5.92 Å². The molecule has 1 saturated heterocycles. The molecule has 0 aromatic heterocycles. The summed E-state index contributed by atoms with van der Waals surface area (Å²) in [6.07, 6.45) is 0.578. The fraction of sp³-hybridized carbons (Fsp3) is 0.417. The van der Waals surface area contributed by atoms with E-state index in [1.54, 1.807) is 24.3 Å². The first-order valence-electron chi connectivity index (χ1n) is 10.8. The lowest BCUT2D eigenvalue weighted by molar-refractivity contribution is -0.132. The first kappa shape index (κ1) is 24.2. The third-order valence-corrected chi connectivity index (χ3v) is 5.85. The number of ether oxygens (including phenoxy) is 1. The number of rotatable bonds is 7. The maximum absolute atomic E-state index is 12.6. The van der Waals surface area contributed by atoms with E-state index < -0.39 is 0 Å². The highest BCUT2D eigenvalue weighted by molar-refractivity contribution is 6.34. The molecule has 0 radical (unpaired) electrons. The number of piperazine rings is 1. The van der Waals surface area contributed by atoms with Crippen molar-refractivity contribution in [3.63, 3.8) is 0 Å². The molecule has 8 heteroatoms. The maximum Gasteiger partial charge on any atom is 0.255 e. The standard InChI is InChI=1S/C24H29Cl2N3O3/c1-4-32-22-8-5-17(14-20(22)26)24(31)27-18-6-7-21(19(25)15-18)28-9-11-29(12-10-28)23(30)13-16(2)3/h5-8,14-16H,4,9-13H2,1-3H3,(H,27,31). The van der Waals surface area contributed by atoms with Crippen LogP contribution in [0.2, 0.25) is 10.0 Å². The van der Waals surface area contributed by atoms with Gasteiger partial charge in [0.2, 0.25) is 5.91 Å². The van der Waals surface area contributed by atoms with Gasteiger partial charge < -0.3 is 19.9 Å². The molecule has 1 aliphatic rings. The number of nitrogens with zero attached hydrogens (tertiary/aromatic N) is 2. The molecule has 6 nitrogen and oxygen atoms in total. The van der Waals surface area contributed by atoms with Gasteiger partial charge >= 0.3 is 0 Å². The van der Waals surface area contributed by atoms with Crippen molar-refractivity contribution in [3.05, 3.63) is 52.0 Å². The Morgan fingerprint density at radius 1 is 1.03 bits per heavy atom. The van der Waals surface area contributed by atoms with Gasteiger partial charge in [0, 0.05) is 43.9 Å². The number of hydrogen-bond donors (Lipinski definition) is 1. The molecular formula is C24H29Cl2N3O3. The lowest BCUT2D eigenvalue weighted by atomic mass is 10.1. The molecule has 0 atom stereocenters. The number of halogens is 2. The molecule has 1 fully saturated rings. The average molecular weight is 478 g/mol. The Hall–Kier alpha value is -2.44. The van der Waals surface area contributed by atoms with E-state index in [1.807, 2.05) is 24.0 Å². The number of hydrogen-bond acceptors (Lipinski definition) is 4. The molecule has 1 N–H and O–H groups in total. The molecule has 3 rings (SSSR count). The summed E-state index contributed by atoms with van der Waals surface area (Å²) in [5.41, 5.74) is 1.92. The van der Waals surface area contributed by atoms with Gasteiger partial charge in [0.25, 0.3) is 5.91 Å². The zero-order valence-electron chi connectivity index (χ0n) is 18.7. The van der Waals surface area contributed by atoms with Crippen molar-refractivity contribution < 1.29 is 14.3 Å². The minimum absolute atomic E-state index is 0.207. The number of nitrogens with one attached hydrogen (secondary N) is 1. The monoisotopic (exact) mass is 477 g/mol. The van der Waals surface area contributed by atoms with Crippen molar-refractivity contribution >= 4 is 46.4 Å². The summed E-state index contributed by atoms with van der Waals surface area (Å²) in [6, 6.07) is 10.4. The summed E-state index contributed by atoms with van der Waals surface area (Å²) in [5, 5.41) is 3.79. The Labute approximate surface area is 199 Å². The van der Waals surface area contributed by atoms with E-state index in [-0.39, 0.29) is 11.8 Å². The summed E-state index contributed by atoms with van der Waals surface area (Å²) in [6.45, 7) is 9.28. The van der Waals surface area contributed by atoms with Crippen LogP contribution < -0.4 is 15.0 Å². The fourth-order valence-electron chi connectivity index (χ4n) is 3.63. The van der Waals surface area contributed by atoms with Crippen molar-refractivity contribution in [2.45, 2.75) is 27.2 Å². The van der Waals surface area contributed by atoms with Crippen LogP contribution in [-0.2, 0) is 4.79 Å². The van der Waals surface area contributed by atoms with Gasteiger partial charge in [0.1, 0.15) is 5.75 Å². The van der Waals surface area contributed by atoms with Gasteiger partial charge in [0.05, 0.1) is 22.3 Å². The topological polar surface area (TPSA) is 61.9 Å². The molecule has 0 bridgehead atoms. The quantitative estimate of drug-likeness (QED) is 0.584. The highest BCUT2D eigenvalue weighted by Crippen LogP contribution is 2.31. The summed E-state index contributed by atoms with van der Waals surface area (Å²) in [4.78, 5) is 29.0. The number of anilines is 2. The maximum atomic E-state index is 12.6. The van der Waals surface area contributed by atoms with Crippen LogP contribution in [-0.4, -0.2) is 49.5 Å². The van der Waals surface area contributed by atoms with Gasteiger partial charge in [-0.05, 0) is 49.2 Å². The molecule has 0 spiro atoms. The molecule has 172 valence electrons. The third kappa shape index (κ3) is 6.08. The number of carbonyl (C=O) groups excluding carboxylic acids is 2. The minimum Gasteiger partial charge on any atom is -0.492 e. The van der Waals surface area contributed by atoms with Crippen LogP contribution in [0.3, 0.4) is 0 Å². The first-order chi connectivity index (χ1) is 15.3. The van der Waals surface area contributed by atoms with E-state index in [0.717, 1.165) is 18.8 Å². The molecule has 2 aromatic rings. The number of benzene rings is 2. The van der Waals surface area contributed by atoms with Crippen LogP contribution in [0.1, 0.15) is 37.6 Å². The molecule has 2 aromatic carbocycles. The molecule has 1 heterocycles. The van der Waals surface area contributed by atoms with Crippen molar-refractivity contribution in [1.29, 1.82) is 0 Å². The SMILES string of the molecule is CCOc1ccc(C(=O)Nc2ccc(N3CCN(C(=O)CC(C)C)CC3)c(Cl)c2)cc1Cl. The fourth-order valence-corrected chi connectivity index (χ4v) is 4.17. The van der Waals surface area contributed by atoms with Crippen LogP contribution in [0.15, 0.2) is 36.4 Å². The molecule has 0 aliphatic carbocycles. The van der Waals surface area contributed by atoms with E-state index in [2.05, 4.69) is 24.1 Å². The second-order valence-electron chi connectivity index (χ2n) is 8.16. The predicted molar refractivity (Wildman–Crippen MR) is 130 cm³/mol. The average Bonchev–Trinajstić information content (AvgIpc) is 2.75.